The monoisotopic (exact) mass is 280 g/mol. The van der Waals surface area contributed by atoms with Crippen molar-refractivity contribution in [3.05, 3.63) is 11.9 Å². The average molecular weight is 280 g/mol. The van der Waals surface area contributed by atoms with Gasteiger partial charge in [-0.1, -0.05) is 13.3 Å². The molecule has 0 bridgehead atoms. The molecule has 20 heavy (non-hydrogen) atoms. The highest BCUT2D eigenvalue weighted by atomic mass is 16.5. The first-order chi connectivity index (χ1) is 9.65. The van der Waals surface area contributed by atoms with Gasteiger partial charge in [0.15, 0.2) is 5.75 Å². The standard InChI is InChI=1S/C15H28N4O/c1-5-12-6-7-16-13(10-12)15-14(20-4)11-17-19(15)9-8-18(2)3/h11-13,16H,5-10H2,1-4H3. The van der Waals surface area contributed by atoms with Crippen LogP contribution in [0, 0.1) is 5.92 Å². The van der Waals surface area contributed by atoms with Crippen molar-refractivity contribution in [3.8, 4) is 5.75 Å². The molecule has 2 rings (SSSR count). The summed E-state index contributed by atoms with van der Waals surface area (Å²) in [6, 6.07) is 0.369. The number of methoxy groups -OCH3 is 1. The number of piperidine rings is 1. The smallest absolute Gasteiger partial charge is 0.161 e. The van der Waals surface area contributed by atoms with Gasteiger partial charge in [-0.2, -0.15) is 5.10 Å². The predicted octanol–water partition coefficient (Wildman–Crippen LogP) is 1.90. The van der Waals surface area contributed by atoms with Crippen LogP contribution < -0.4 is 10.1 Å². The van der Waals surface area contributed by atoms with Gasteiger partial charge in [0.25, 0.3) is 0 Å². The molecule has 2 heterocycles. The zero-order chi connectivity index (χ0) is 14.5. The Hall–Kier alpha value is -1.07. The van der Waals surface area contributed by atoms with E-state index in [4.69, 9.17) is 4.74 Å². The number of nitrogens with zero attached hydrogens (tertiary/aromatic N) is 3. The first kappa shape index (κ1) is 15.3. The highest BCUT2D eigenvalue weighted by Gasteiger charge is 2.27. The number of ether oxygens (including phenoxy) is 1. The molecule has 2 unspecified atom stereocenters. The van der Waals surface area contributed by atoms with Crippen molar-refractivity contribution in [2.75, 3.05) is 34.3 Å². The van der Waals surface area contributed by atoms with Crippen LogP contribution in [0.5, 0.6) is 5.75 Å². The first-order valence-corrected chi connectivity index (χ1v) is 7.63. The van der Waals surface area contributed by atoms with Crippen LogP contribution in [0.3, 0.4) is 0 Å². The zero-order valence-corrected chi connectivity index (χ0v) is 13.2. The summed E-state index contributed by atoms with van der Waals surface area (Å²) >= 11 is 0. The SMILES string of the molecule is CCC1CCNC(c2c(OC)cnn2CCN(C)C)C1. The molecule has 5 heteroatoms. The number of nitrogens with one attached hydrogen (secondary N) is 1. The maximum absolute atomic E-state index is 5.52. The molecule has 1 aromatic heterocycles. The van der Waals surface area contributed by atoms with Gasteiger partial charge in [-0.15, -0.1) is 0 Å². The van der Waals surface area contributed by atoms with E-state index in [9.17, 15) is 0 Å². The van der Waals surface area contributed by atoms with Crippen molar-refractivity contribution in [1.82, 2.24) is 20.0 Å². The zero-order valence-electron chi connectivity index (χ0n) is 13.2. The van der Waals surface area contributed by atoms with E-state index >= 15 is 0 Å². The van der Waals surface area contributed by atoms with E-state index < -0.39 is 0 Å². The van der Waals surface area contributed by atoms with Gasteiger partial charge in [0.2, 0.25) is 0 Å². The van der Waals surface area contributed by atoms with E-state index in [0.717, 1.165) is 31.3 Å². The summed E-state index contributed by atoms with van der Waals surface area (Å²) in [7, 11) is 5.91. The predicted molar refractivity (Wildman–Crippen MR) is 81.1 cm³/mol. The van der Waals surface area contributed by atoms with Crippen LogP contribution in [0.1, 0.15) is 37.9 Å². The van der Waals surface area contributed by atoms with E-state index in [1.54, 1.807) is 7.11 Å². The molecule has 1 fully saturated rings. The Morgan fingerprint density at radius 3 is 2.95 bits per heavy atom. The highest BCUT2D eigenvalue weighted by Crippen LogP contribution is 2.33. The Kier molecular flexibility index (Phi) is 5.43. The molecule has 1 aliphatic rings. The summed E-state index contributed by atoms with van der Waals surface area (Å²) < 4.78 is 7.62. The Bertz CT molecular complexity index is 416. The molecule has 0 radical (unpaired) electrons. The van der Waals surface area contributed by atoms with Crippen molar-refractivity contribution in [1.29, 1.82) is 0 Å². The van der Waals surface area contributed by atoms with Crippen LogP contribution in [0.15, 0.2) is 6.20 Å². The fourth-order valence-corrected chi connectivity index (χ4v) is 2.93. The van der Waals surface area contributed by atoms with Crippen molar-refractivity contribution < 1.29 is 4.74 Å². The van der Waals surface area contributed by atoms with Crippen LogP contribution in [0.25, 0.3) is 0 Å². The fraction of sp³-hybridized carbons (Fsp3) is 0.800. The first-order valence-electron chi connectivity index (χ1n) is 7.63. The third-order valence-corrected chi connectivity index (χ3v) is 4.24. The summed E-state index contributed by atoms with van der Waals surface area (Å²) in [5.74, 6) is 1.72. The number of hydrogen-bond acceptors (Lipinski definition) is 4. The Morgan fingerprint density at radius 2 is 2.30 bits per heavy atom. The molecule has 1 aliphatic heterocycles. The van der Waals surface area contributed by atoms with Gasteiger partial charge < -0.3 is 15.0 Å². The van der Waals surface area contributed by atoms with E-state index in [1.807, 2.05) is 6.20 Å². The Balaban J connectivity index is 2.16. The quantitative estimate of drug-likeness (QED) is 0.864. The van der Waals surface area contributed by atoms with Gasteiger partial charge >= 0.3 is 0 Å². The molecule has 0 amide bonds. The van der Waals surface area contributed by atoms with Crippen molar-refractivity contribution in [3.63, 3.8) is 0 Å². The number of aromatic nitrogens is 2. The second kappa shape index (κ2) is 7.09. The summed E-state index contributed by atoms with van der Waals surface area (Å²) in [6.07, 6.45) is 5.57. The van der Waals surface area contributed by atoms with Crippen LogP contribution in [0.2, 0.25) is 0 Å². The molecular weight excluding hydrogens is 252 g/mol. The molecule has 1 N–H and O–H groups in total. The largest absolute Gasteiger partial charge is 0.493 e. The third kappa shape index (κ3) is 3.52. The minimum atomic E-state index is 0.369. The van der Waals surface area contributed by atoms with Gasteiger partial charge in [0.1, 0.15) is 0 Å². The van der Waals surface area contributed by atoms with E-state index in [2.05, 4.69) is 41.0 Å². The minimum Gasteiger partial charge on any atom is -0.493 e. The van der Waals surface area contributed by atoms with E-state index in [1.165, 1.54) is 25.0 Å². The number of hydrogen-bond donors (Lipinski definition) is 1. The molecule has 0 aliphatic carbocycles. The third-order valence-electron chi connectivity index (χ3n) is 4.24. The summed E-state index contributed by atoms with van der Waals surface area (Å²) in [4.78, 5) is 2.18. The molecule has 0 saturated carbocycles. The van der Waals surface area contributed by atoms with Crippen molar-refractivity contribution in [2.45, 2.75) is 38.8 Å². The summed E-state index contributed by atoms with van der Waals surface area (Å²) in [5, 5.41) is 8.14. The van der Waals surface area contributed by atoms with Crippen LogP contribution in [-0.2, 0) is 6.54 Å². The average Bonchev–Trinajstić information content (AvgIpc) is 2.88. The van der Waals surface area contributed by atoms with Gasteiger partial charge in [-0.05, 0) is 39.4 Å². The lowest BCUT2D eigenvalue weighted by Crippen LogP contribution is -2.34. The summed E-state index contributed by atoms with van der Waals surface area (Å²) in [6.45, 7) is 5.27. The molecule has 2 atom stereocenters. The second-order valence-electron chi connectivity index (χ2n) is 5.93. The van der Waals surface area contributed by atoms with Gasteiger partial charge in [-0.3, -0.25) is 4.68 Å². The maximum Gasteiger partial charge on any atom is 0.161 e. The topological polar surface area (TPSA) is 42.3 Å². The number of likely N-dealkylation sites (N-methyl/N-ethyl adjacent to an activating group) is 1. The molecule has 1 saturated heterocycles. The van der Waals surface area contributed by atoms with E-state index in [0.29, 0.717) is 6.04 Å². The molecule has 5 nitrogen and oxygen atoms in total. The van der Waals surface area contributed by atoms with Crippen LogP contribution in [0.4, 0.5) is 0 Å². The normalized spacial score (nSPS) is 23.2. The van der Waals surface area contributed by atoms with Gasteiger partial charge in [0, 0.05) is 6.54 Å². The minimum absolute atomic E-state index is 0.369. The van der Waals surface area contributed by atoms with Crippen molar-refractivity contribution in [2.24, 2.45) is 5.92 Å². The number of rotatable bonds is 6. The summed E-state index contributed by atoms with van der Waals surface area (Å²) in [5.41, 5.74) is 1.22. The second-order valence-corrected chi connectivity index (χ2v) is 5.93. The molecular formula is C15H28N4O. The molecule has 1 aromatic rings. The highest BCUT2D eigenvalue weighted by molar-refractivity contribution is 5.28. The Labute approximate surface area is 122 Å². The van der Waals surface area contributed by atoms with E-state index in [-0.39, 0.29) is 0 Å². The van der Waals surface area contributed by atoms with Crippen LogP contribution in [-0.4, -0.2) is 49.0 Å². The van der Waals surface area contributed by atoms with Gasteiger partial charge in [-0.25, -0.2) is 0 Å². The fourth-order valence-electron chi connectivity index (χ4n) is 2.93. The maximum atomic E-state index is 5.52. The lowest BCUT2D eigenvalue weighted by Gasteiger charge is -2.30. The lowest BCUT2D eigenvalue weighted by molar-refractivity contribution is 0.276. The van der Waals surface area contributed by atoms with Crippen LogP contribution >= 0.6 is 0 Å². The Morgan fingerprint density at radius 1 is 1.50 bits per heavy atom. The molecule has 0 aromatic carbocycles. The molecule has 114 valence electrons. The lowest BCUT2D eigenvalue weighted by atomic mass is 9.89. The van der Waals surface area contributed by atoms with Crippen molar-refractivity contribution >= 4 is 0 Å². The molecule has 0 spiro atoms. The van der Waals surface area contributed by atoms with Gasteiger partial charge in [0.05, 0.1) is 31.6 Å².